The highest BCUT2D eigenvalue weighted by atomic mass is 16.7. The second-order valence-corrected chi connectivity index (χ2v) is 8.82. The Morgan fingerprint density at radius 2 is 1.50 bits per heavy atom. The molecule has 212 valence electrons. The van der Waals surface area contributed by atoms with Gasteiger partial charge in [0.25, 0.3) is 0 Å². The molecule has 16 heteroatoms. The van der Waals surface area contributed by atoms with Crippen molar-refractivity contribution >= 4 is 5.91 Å². The van der Waals surface area contributed by atoms with E-state index in [4.69, 9.17) is 24.1 Å². The smallest absolute Gasteiger partial charge is 0.217 e. The summed E-state index contributed by atoms with van der Waals surface area (Å²) in [5.74, 6) is -0.686. The molecule has 0 saturated carbocycles. The fourth-order valence-corrected chi connectivity index (χ4v) is 4.00. The van der Waals surface area contributed by atoms with Crippen LogP contribution in [-0.2, 0) is 23.7 Å². The molecule has 2 aliphatic rings. The van der Waals surface area contributed by atoms with Gasteiger partial charge in [-0.1, -0.05) is 0 Å². The molecule has 36 heavy (non-hydrogen) atoms. The van der Waals surface area contributed by atoms with Crippen molar-refractivity contribution in [3.05, 3.63) is 0 Å². The van der Waals surface area contributed by atoms with Crippen LogP contribution in [0.5, 0.6) is 0 Å². The number of aliphatic hydroxyl groups excluding tert-OH is 10. The lowest BCUT2D eigenvalue weighted by Gasteiger charge is -2.48. The van der Waals surface area contributed by atoms with Gasteiger partial charge in [0, 0.05) is 6.92 Å². The van der Waals surface area contributed by atoms with Gasteiger partial charge in [-0.15, -0.1) is 0 Å². The molecule has 2 heterocycles. The van der Waals surface area contributed by atoms with E-state index in [0.29, 0.717) is 0 Å². The van der Waals surface area contributed by atoms with Crippen LogP contribution in [0.1, 0.15) is 13.8 Å². The lowest BCUT2D eigenvalue weighted by molar-refractivity contribution is -0.352. The molecule has 14 atom stereocenters. The molecule has 0 aliphatic carbocycles. The second kappa shape index (κ2) is 13.6. The van der Waals surface area contributed by atoms with E-state index in [1.54, 1.807) is 0 Å². The fraction of sp³-hybridized carbons (Fsp3) is 0.950. The molecule has 0 spiro atoms. The Balaban J connectivity index is 2.31. The Labute approximate surface area is 206 Å². The summed E-state index contributed by atoms with van der Waals surface area (Å²) in [6, 6.07) is -1.49. The van der Waals surface area contributed by atoms with Gasteiger partial charge >= 0.3 is 0 Å². The van der Waals surface area contributed by atoms with E-state index in [1.165, 1.54) is 6.92 Å². The van der Waals surface area contributed by atoms with Crippen molar-refractivity contribution in [2.24, 2.45) is 0 Å². The Morgan fingerprint density at radius 1 is 0.889 bits per heavy atom. The molecule has 0 radical (unpaired) electrons. The van der Waals surface area contributed by atoms with Crippen LogP contribution in [0.15, 0.2) is 0 Å². The van der Waals surface area contributed by atoms with Gasteiger partial charge in [0.2, 0.25) is 5.91 Å². The third-order valence-corrected chi connectivity index (χ3v) is 6.10. The first-order valence-electron chi connectivity index (χ1n) is 11.4. The Kier molecular flexibility index (Phi) is 11.8. The third kappa shape index (κ3) is 7.06. The van der Waals surface area contributed by atoms with Gasteiger partial charge in [0.15, 0.2) is 12.6 Å². The maximum atomic E-state index is 11.8. The van der Waals surface area contributed by atoms with Crippen LogP contribution < -0.4 is 5.32 Å². The summed E-state index contributed by atoms with van der Waals surface area (Å²) in [5.41, 5.74) is 0. The third-order valence-electron chi connectivity index (χ3n) is 6.10. The zero-order valence-electron chi connectivity index (χ0n) is 19.7. The van der Waals surface area contributed by atoms with E-state index >= 15 is 0 Å². The van der Waals surface area contributed by atoms with E-state index in [9.17, 15) is 50.8 Å². The van der Waals surface area contributed by atoms with Crippen molar-refractivity contribution in [2.45, 2.75) is 99.6 Å². The monoisotopic (exact) mass is 531 g/mol. The van der Waals surface area contributed by atoms with Crippen LogP contribution in [0.2, 0.25) is 0 Å². The van der Waals surface area contributed by atoms with Gasteiger partial charge in [-0.2, -0.15) is 0 Å². The van der Waals surface area contributed by atoms with E-state index in [1.807, 2.05) is 0 Å². The summed E-state index contributed by atoms with van der Waals surface area (Å²) in [5, 5.41) is 102. The average Bonchev–Trinajstić information content (AvgIpc) is 2.85. The minimum Gasteiger partial charge on any atom is -0.394 e. The van der Waals surface area contributed by atoms with E-state index in [2.05, 4.69) is 5.32 Å². The molecule has 0 aromatic rings. The normalized spacial score (nSPS) is 40.8. The molecule has 2 fully saturated rings. The molecule has 0 aromatic heterocycles. The van der Waals surface area contributed by atoms with Crippen molar-refractivity contribution in [3.63, 3.8) is 0 Å². The van der Waals surface area contributed by atoms with E-state index in [0.717, 1.165) is 6.92 Å². The summed E-state index contributed by atoms with van der Waals surface area (Å²) in [7, 11) is 0. The molecule has 0 bridgehead atoms. The highest BCUT2D eigenvalue weighted by Gasteiger charge is 2.52. The summed E-state index contributed by atoms with van der Waals surface area (Å²) < 4.78 is 22.1. The topological polar surface area (TPSA) is 268 Å². The van der Waals surface area contributed by atoms with Crippen molar-refractivity contribution in [1.29, 1.82) is 0 Å². The maximum absolute atomic E-state index is 11.8. The number of carbonyl (C=O) groups is 1. The largest absolute Gasteiger partial charge is 0.394 e. The Morgan fingerprint density at radius 3 is 2.03 bits per heavy atom. The molecule has 11 N–H and O–H groups in total. The minimum absolute atomic E-state index is 0.686. The molecule has 2 rings (SSSR count). The van der Waals surface area contributed by atoms with Crippen molar-refractivity contribution < 1.29 is 74.8 Å². The lowest BCUT2D eigenvalue weighted by Crippen LogP contribution is -2.68. The number of hydrogen-bond acceptors (Lipinski definition) is 15. The van der Waals surface area contributed by atoms with Crippen molar-refractivity contribution in [3.8, 4) is 0 Å². The first-order chi connectivity index (χ1) is 16.9. The molecular weight excluding hydrogens is 494 g/mol. The summed E-state index contributed by atoms with van der Waals surface area (Å²) in [4.78, 5) is 11.8. The van der Waals surface area contributed by atoms with Crippen LogP contribution in [0, 0.1) is 0 Å². The van der Waals surface area contributed by atoms with Gasteiger partial charge in [-0.25, -0.2) is 0 Å². The van der Waals surface area contributed by atoms with Crippen LogP contribution in [0.4, 0.5) is 0 Å². The standard InChI is InChI=1S/C20H37NO15/c1-6-12(28)15(31)16(32)20(33-6)36-18-10(5-24)34-19(11(14(18)30)21-7(2)25)35-17(9(27)4-23)13(29)8(26)3-22/h6,8-20,22-24,26-32H,3-5H2,1-2H3,(H,21,25)/t6-,8+,9-,10+,11+,12+,13-,14+,15+,16-,17+,18+,19-,20-/m0/s1. The number of ether oxygens (including phenoxy) is 4. The molecule has 0 unspecified atom stereocenters. The molecular formula is C20H37NO15. The van der Waals surface area contributed by atoms with Gasteiger partial charge in [0.05, 0.1) is 25.9 Å². The van der Waals surface area contributed by atoms with Crippen LogP contribution >= 0.6 is 0 Å². The average molecular weight is 532 g/mol. The zero-order valence-corrected chi connectivity index (χ0v) is 19.7. The Bertz CT molecular complexity index is 687. The highest BCUT2D eigenvalue weighted by Crippen LogP contribution is 2.30. The van der Waals surface area contributed by atoms with Crippen LogP contribution in [0.25, 0.3) is 0 Å². The summed E-state index contributed by atoms with van der Waals surface area (Å²) >= 11 is 0. The number of carbonyl (C=O) groups excluding carboxylic acids is 1. The zero-order chi connectivity index (χ0) is 27.3. The van der Waals surface area contributed by atoms with Crippen molar-refractivity contribution in [1.82, 2.24) is 5.32 Å². The summed E-state index contributed by atoms with van der Waals surface area (Å²) in [6.07, 6.45) is -21.1. The predicted molar refractivity (Wildman–Crippen MR) is 114 cm³/mol. The highest BCUT2D eigenvalue weighted by molar-refractivity contribution is 5.73. The van der Waals surface area contributed by atoms with Crippen molar-refractivity contribution in [2.75, 3.05) is 19.8 Å². The number of hydrogen-bond donors (Lipinski definition) is 11. The quantitative estimate of drug-likeness (QED) is 0.118. The molecule has 16 nitrogen and oxygen atoms in total. The van der Waals surface area contributed by atoms with E-state index < -0.39 is 111 Å². The first-order valence-corrected chi connectivity index (χ1v) is 11.4. The second-order valence-electron chi connectivity index (χ2n) is 8.82. The minimum atomic E-state index is -1.95. The molecule has 2 aliphatic heterocycles. The van der Waals surface area contributed by atoms with Gasteiger partial charge in [-0.05, 0) is 6.92 Å². The number of amides is 1. The van der Waals surface area contributed by atoms with Gasteiger partial charge in [-0.3, -0.25) is 4.79 Å². The maximum Gasteiger partial charge on any atom is 0.217 e. The summed E-state index contributed by atoms with van der Waals surface area (Å²) in [6.45, 7) is -0.197. The number of aliphatic hydroxyl groups is 10. The van der Waals surface area contributed by atoms with E-state index in [-0.39, 0.29) is 0 Å². The Hall–Kier alpha value is -1.09. The predicted octanol–water partition coefficient (Wildman–Crippen LogP) is -6.77. The SMILES string of the molecule is CC(=O)N[C@H]1[C@H](O[C@@H]([C@@H](O)[C@H](O)CO)[C@@H](O)CO)O[C@H](CO)[C@@H](O[C@@H]2O[C@@H](C)[C@@H](O)[C@@H](O)[C@@H]2O)[C@@H]1O. The van der Waals surface area contributed by atoms with Gasteiger partial charge in [0.1, 0.15) is 67.1 Å². The molecule has 2 saturated heterocycles. The number of rotatable bonds is 11. The molecule has 1 amide bonds. The number of nitrogens with one attached hydrogen (secondary N) is 1. The van der Waals surface area contributed by atoms with Gasteiger partial charge < -0.3 is 75.3 Å². The van der Waals surface area contributed by atoms with Crippen LogP contribution in [0.3, 0.4) is 0 Å². The first kappa shape index (κ1) is 31.1. The fourth-order valence-electron chi connectivity index (χ4n) is 4.00. The molecule has 0 aromatic carbocycles. The lowest BCUT2D eigenvalue weighted by atomic mass is 9.95. The van der Waals surface area contributed by atoms with Crippen LogP contribution in [-0.4, -0.2) is 163 Å².